The van der Waals surface area contributed by atoms with E-state index in [2.05, 4.69) is 24.4 Å². The van der Waals surface area contributed by atoms with Crippen LogP contribution in [0.4, 0.5) is 0 Å². The molecule has 2 rings (SSSR count). The zero-order chi connectivity index (χ0) is 16.8. The van der Waals surface area contributed by atoms with Crippen molar-refractivity contribution in [2.75, 3.05) is 6.54 Å². The molecular weight excluding hydrogens is 290 g/mol. The van der Waals surface area contributed by atoms with Crippen molar-refractivity contribution in [3.8, 4) is 11.3 Å². The first kappa shape index (κ1) is 17.3. The van der Waals surface area contributed by atoms with E-state index in [1.807, 2.05) is 38.1 Å². The molecule has 0 spiro atoms. The molecule has 1 heterocycles. The molecule has 0 saturated carbocycles. The van der Waals surface area contributed by atoms with E-state index in [1.54, 1.807) is 0 Å². The third-order valence-electron chi connectivity index (χ3n) is 3.79. The van der Waals surface area contributed by atoms with Crippen LogP contribution in [0.5, 0.6) is 0 Å². The second kappa shape index (κ2) is 7.97. The second-order valence-electron chi connectivity index (χ2n) is 6.43. The molecule has 23 heavy (non-hydrogen) atoms. The Morgan fingerprint density at radius 2 is 1.87 bits per heavy atom. The quantitative estimate of drug-likeness (QED) is 0.770. The fraction of sp³-hybridized carbons (Fsp3) is 0.421. The highest BCUT2D eigenvalue weighted by atomic mass is 16.4. The monoisotopic (exact) mass is 315 g/mol. The van der Waals surface area contributed by atoms with Crippen molar-refractivity contribution in [2.45, 2.75) is 33.7 Å². The van der Waals surface area contributed by atoms with Crippen molar-refractivity contribution < 1.29 is 14.3 Å². The van der Waals surface area contributed by atoms with Crippen LogP contribution in [0.15, 0.2) is 40.8 Å². The lowest BCUT2D eigenvalue weighted by Gasteiger charge is -2.14. The van der Waals surface area contributed by atoms with Crippen LogP contribution in [0, 0.1) is 18.8 Å². The first-order valence-corrected chi connectivity index (χ1v) is 8.05. The first-order chi connectivity index (χ1) is 11.0. The molecule has 0 bridgehead atoms. The number of furan rings is 1. The third-order valence-corrected chi connectivity index (χ3v) is 3.79. The van der Waals surface area contributed by atoms with Crippen LogP contribution >= 0.6 is 0 Å². The Morgan fingerprint density at radius 3 is 2.48 bits per heavy atom. The van der Waals surface area contributed by atoms with Gasteiger partial charge in [0.1, 0.15) is 11.5 Å². The van der Waals surface area contributed by atoms with Gasteiger partial charge in [-0.25, -0.2) is 0 Å². The molecule has 1 aromatic carbocycles. The number of aryl methyl sites for hydroxylation is 1. The minimum absolute atomic E-state index is 0.360. The molecular formula is C19H25NO3. The van der Waals surface area contributed by atoms with Gasteiger partial charge in [0.25, 0.3) is 0 Å². The van der Waals surface area contributed by atoms with Crippen LogP contribution in [-0.2, 0) is 11.3 Å². The maximum atomic E-state index is 11.2. The summed E-state index contributed by atoms with van der Waals surface area (Å²) >= 11 is 0. The van der Waals surface area contributed by atoms with E-state index in [-0.39, 0.29) is 5.92 Å². The Labute approximate surface area is 137 Å². The molecule has 4 nitrogen and oxygen atoms in total. The van der Waals surface area contributed by atoms with Gasteiger partial charge in [0, 0.05) is 12.1 Å². The topological polar surface area (TPSA) is 62.5 Å². The average Bonchev–Trinajstić information content (AvgIpc) is 2.95. The van der Waals surface area contributed by atoms with Gasteiger partial charge in [0.2, 0.25) is 0 Å². The van der Waals surface area contributed by atoms with Gasteiger partial charge in [-0.1, -0.05) is 43.7 Å². The van der Waals surface area contributed by atoms with Gasteiger partial charge in [-0.3, -0.25) is 4.79 Å². The first-order valence-electron chi connectivity index (χ1n) is 8.05. The summed E-state index contributed by atoms with van der Waals surface area (Å²) in [7, 11) is 0. The summed E-state index contributed by atoms with van der Waals surface area (Å²) in [6, 6.07) is 12.1. The third kappa shape index (κ3) is 5.25. The van der Waals surface area contributed by atoms with Gasteiger partial charge in [0.15, 0.2) is 0 Å². The van der Waals surface area contributed by atoms with Crippen molar-refractivity contribution in [1.82, 2.24) is 5.32 Å². The van der Waals surface area contributed by atoms with Gasteiger partial charge < -0.3 is 14.8 Å². The van der Waals surface area contributed by atoms with Crippen LogP contribution in [0.3, 0.4) is 0 Å². The van der Waals surface area contributed by atoms with E-state index in [0.717, 1.165) is 17.1 Å². The van der Waals surface area contributed by atoms with Crippen LogP contribution in [0.2, 0.25) is 0 Å². The van der Waals surface area contributed by atoms with E-state index in [0.29, 0.717) is 25.4 Å². The molecule has 0 radical (unpaired) electrons. The molecule has 0 fully saturated rings. The summed E-state index contributed by atoms with van der Waals surface area (Å²) in [6.07, 6.45) is 0.676. The highest BCUT2D eigenvalue weighted by Gasteiger charge is 2.18. The summed E-state index contributed by atoms with van der Waals surface area (Å²) in [6.45, 7) is 7.12. The number of carbonyl (C=O) groups is 1. The molecule has 0 aliphatic rings. The van der Waals surface area contributed by atoms with Crippen molar-refractivity contribution in [2.24, 2.45) is 11.8 Å². The number of hydrogen-bond acceptors (Lipinski definition) is 3. The van der Waals surface area contributed by atoms with E-state index in [4.69, 9.17) is 4.42 Å². The summed E-state index contributed by atoms with van der Waals surface area (Å²) in [5.41, 5.74) is 2.26. The fourth-order valence-corrected chi connectivity index (χ4v) is 2.56. The fourth-order valence-electron chi connectivity index (χ4n) is 2.56. The largest absolute Gasteiger partial charge is 0.481 e. The number of benzene rings is 1. The summed E-state index contributed by atoms with van der Waals surface area (Å²) in [5.74, 6) is 0.912. The molecule has 1 atom stereocenters. The van der Waals surface area contributed by atoms with Crippen LogP contribution < -0.4 is 5.32 Å². The molecule has 4 heteroatoms. The Kier molecular flexibility index (Phi) is 5.99. The maximum absolute atomic E-state index is 11.2. The Bertz CT molecular complexity index is 628. The number of rotatable bonds is 8. The molecule has 1 unspecified atom stereocenters. The number of nitrogens with one attached hydrogen (secondary N) is 1. The van der Waals surface area contributed by atoms with Crippen molar-refractivity contribution >= 4 is 5.97 Å². The van der Waals surface area contributed by atoms with Gasteiger partial charge >= 0.3 is 5.97 Å². The van der Waals surface area contributed by atoms with Gasteiger partial charge in [-0.15, -0.1) is 0 Å². The number of aliphatic carboxylic acids is 1. The van der Waals surface area contributed by atoms with Crippen LogP contribution in [0.25, 0.3) is 11.3 Å². The van der Waals surface area contributed by atoms with Crippen LogP contribution in [-0.4, -0.2) is 17.6 Å². The Hall–Kier alpha value is -2.07. The number of hydrogen-bond donors (Lipinski definition) is 2. The molecule has 0 aliphatic heterocycles. The van der Waals surface area contributed by atoms with E-state index < -0.39 is 5.97 Å². The van der Waals surface area contributed by atoms with Gasteiger partial charge in [-0.05, 0) is 31.4 Å². The van der Waals surface area contributed by atoms with Crippen molar-refractivity contribution in [1.29, 1.82) is 0 Å². The van der Waals surface area contributed by atoms with E-state index in [1.165, 1.54) is 5.56 Å². The standard InChI is InChI=1S/C19H25NO3/c1-13(2)10-16(19(21)22)11-20-12-17-8-9-18(23-17)15-6-4-14(3)5-7-15/h4-9,13,16,20H,10-12H2,1-3H3,(H,21,22). The van der Waals surface area contributed by atoms with Crippen LogP contribution in [0.1, 0.15) is 31.6 Å². The molecule has 0 aliphatic carbocycles. The maximum Gasteiger partial charge on any atom is 0.307 e. The predicted molar refractivity (Wildman–Crippen MR) is 91.2 cm³/mol. The van der Waals surface area contributed by atoms with Crippen molar-refractivity contribution in [3.63, 3.8) is 0 Å². The van der Waals surface area contributed by atoms with E-state index >= 15 is 0 Å². The van der Waals surface area contributed by atoms with Gasteiger partial charge in [-0.2, -0.15) is 0 Å². The summed E-state index contributed by atoms with van der Waals surface area (Å²) in [5, 5.41) is 12.4. The minimum Gasteiger partial charge on any atom is -0.481 e. The molecule has 0 saturated heterocycles. The lowest BCUT2D eigenvalue weighted by atomic mass is 9.97. The lowest BCUT2D eigenvalue weighted by Crippen LogP contribution is -2.29. The zero-order valence-corrected chi connectivity index (χ0v) is 14.0. The molecule has 0 amide bonds. The molecule has 2 aromatic rings. The predicted octanol–water partition coefficient (Wildman–Crippen LogP) is 4.09. The zero-order valence-electron chi connectivity index (χ0n) is 14.0. The van der Waals surface area contributed by atoms with E-state index in [9.17, 15) is 9.90 Å². The lowest BCUT2D eigenvalue weighted by molar-refractivity contribution is -0.142. The molecule has 124 valence electrons. The Balaban J connectivity index is 1.89. The Morgan fingerprint density at radius 1 is 1.17 bits per heavy atom. The highest BCUT2D eigenvalue weighted by molar-refractivity contribution is 5.70. The minimum atomic E-state index is -0.744. The van der Waals surface area contributed by atoms with Gasteiger partial charge in [0.05, 0.1) is 12.5 Å². The average molecular weight is 315 g/mol. The summed E-state index contributed by atoms with van der Waals surface area (Å²) < 4.78 is 5.82. The molecule has 2 N–H and O–H groups in total. The summed E-state index contributed by atoms with van der Waals surface area (Å²) in [4.78, 5) is 11.2. The normalized spacial score (nSPS) is 12.5. The SMILES string of the molecule is Cc1ccc(-c2ccc(CNCC(CC(C)C)C(=O)O)o2)cc1. The van der Waals surface area contributed by atoms with Crippen molar-refractivity contribution in [3.05, 3.63) is 47.7 Å². The second-order valence-corrected chi connectivity index (χ2v) is 6.43. The molecule has 1 aromatic heterocycles. The highest BCUT2D eigenvalue weighted by Crippen LogP contribution is 2.22. The number of carboxylic acids is 1. The number of carboxylic acid groups (broad SMARTS) is 1. The smallest absolute Gasteiger partial charge is 0.307 e.